The van der Waals surface area contributed by atoms with E-state index >= 15 is 0 Å². The first kappa shape index (κ1) is 11.0. The van der Waals surface area contributed by atoms with Crippen molar-refractivity contribution in [1.82, 2.24) is 9.97 Å². The van der Waals surface area contributed by atoms with Gasteiger partial charge in [0, 0.05) is 17.0 Å². The van der Waals surface area contributed by atoms with Gasteiger partial charge in [0.2, 0.25) is 0 Å². The van der Waals surface area contributed by atoms with Crippen LogP contribution in [-0.2, 0) is 0 Å². The molecule has 3 heteroatoms. The fourth-order valence-electron chi connectivity index (χ4n) is 2.19. The Morgan fingerprint density at radius 2 is 1.89 bits per heavy atom. The van der Waals surface area contributed by atoms with E-state index in [2.05, 4.69) is 35.9 Å². The van der Waals surface area contributed by atoms with Gasteiger partial charge in [-0.15, -0.1) is 0 Å². The molecular weight excluding hydrogens is 222 g/mol. The van der Waals surface area contributed by atoms with Crippen molar-refractivity contribution in [1.29, 1.82) is 0 Å². The van der Waals surface area contributed by atoms with Crippen LogP contribution in [0.25, 0.3) is 21.8 Å². The van der Waals surface area contributed by atoms with Gasteiger partial charge in [0.25, 0.3) is 0 Å². The Kier molecular flexibility index (Phi) is 2.40. The molecule has 0 atom stereocenters. The molecule has 0 aliphatic carbocycles. The number of benzene rings is 1. The zero-order chi connectivity index (χ0) is 12.7. The van der Waals surface area contributed by atoms with E-state index < -0.39 is 0 Å². The average Bonchev–Trinajstić information content (AvgIpc) is 2.38. The van der Waals surface area contributed by atoms with Crippen LogP contribution in [0, 0.1) is 0 Å². The van der Waals surface area contributed by atoms with Crippen molar-refractivity contribution in [2.45, 2.75) is 19.8 Å². The van der Waals surface area contributed by atoms with Gasteiger partial charge < -0.3 is 5.73 Å². The van der Waals surface area contributed by atoms with Crippen molar-refractivity contribution < 1.29 is 0 Å². The van der Waals surface area contributed by atoms with Crippen LogP contribution < -0.4 is 5.73 Å². The van der Waals surface area contributed by atoms with Gasteiger partial charge >= 0.3 is 0 Å². The van der Waals surface area contributed by atoms with Crippen molar-refractivity contribution in [3.63, 3.8) is 0 Å². The summed E-state index contributed by atoms with van der Waals surface area (Å²) in [4.78, 5) is 8.86. The minimum atomic E-state index is 0.454. The molecule has 0 radical (unpaired) electrons. The normalized spacial score (nSPS) is 11.5. The molecule has 3 aromatic rings. The molecule has 0 aliphatic rings. The number of fused-ring (bicyclic) bond motifs is 3. The number of rotatable bonds is 1. The molecule has 0 unspecified atom stereocenters. The first-order valence-corrected chi connectivity index (χ1v) is 6.10. The fraction of sp³-hybridized carbons (Fsp3) is 0.200. The number of hydrogen-bond donors (Lipinski definition) is 1. The highest BCUT2D eigenvalue weighted by Gasteiger charge is 2.09. The predicted molar refractivity (Wildman–Crippen MR) is 75.5 cm³/mol. The Morgan fingerprint density at radius 1 is 1.11 bits per heavy atom. The molecule has 0 spiro atoms. The van der Waals surface area contributed by atoms with Crippen LogP contribution in [-0.4, -0.2) is 9.97 Å². The summed E-state index contributed by atoms with van der Waals surface area (Å²) in [6.07, 6.45) is 1.89. The zero-order valence-electron chi connectivity index (χ0n) is 10.5. The molecule has 2 aromatic heterocycles. The summed E-state index contributed by atoms with van der Waals surface area (Å²) < 4.78 is 0. The molecule has 0 bridgehead atoms. The van der Waals surface area contributed by atoms with Crippen LogP contribution in [0.15, 0.2) is 36.5 Å². The van der Waals surface area contributed by atoms with Gasteiger partial charge in [-0.3, -0.25) is 4.98 Å². The highest BCUT2D eigenvalue weighted by Crippen LogP contribution is 2.28. The number of nitrogen functional groups attached to an aromatic ring is 1. The maximum Gasteiger partial charge on any atom is 0.150 e. The molecule has 3 nitrogen and oxygen atoms in total. The number of aromatic nitrogens is 2. The van der Waals surface area contributed by atoms with Gasteiger partial charge in [-0.1, -0.05) is 32.0 Å². The van der Waals surface area contributed by atoms with E-state index in [4.69, 9.17) is 5.73 Å². The number of para-hydroxylation sites is 1. The van der Waals surface area contributed by atoms with Crippen LogP contribution in [0.4, 0.5) is 5.82 Å². The second-order valence-corrected chi connectivity index (χ2v) is 4.83. The summed E-state index contributed by atoms with van der Waals surface area (Å²) in [6, 6.07) is 10.2. The third-order valence-corrected chi connectivity index (χ3v) is 3.25. The third kappa shape index (κ3) is 1.59. The van der Waals surface area contributed by atoms with Crippen molar-refractivity contribution in [2.75, 3.05) is 5.73 Å². The predicted octanol–water partition coefficient (Wildman–Crippen LogP) is 3.49. The summed E-state index contributed by atoms with van der Waals surface area (Å²) in [5, 5.41) is 2.20. The number of nitrogens with zero attached hydrogens (tertiary/aromatic N) is 2. The Bertz CT molecular complexity index is 732. The average molecular weight is 237 g/mol. The molecule has 3 rings (SSSR count). The SMILES string of the molecule is CC(C)c1cnc2c(N)nc3ccccc3c2c1. The number of pyridine rings is 2. The lowest BCUT2D eigenvalue weighted by atomic mass is 10.0. The maximum atomic E-state index is 5.97. The Labute approximate surface area is 106 Å². The van der Waals surface area contributed by atoms with E-state index in [0.717, 1.165) is 21.8 Å². The summed E-state index contributed by atoms with van der Waals surface area (Å²) in [7, 11) is 0. The largest absolute Gasteiger partial charge is 0.382 e. The molecule has 2 N–H and O–H groups in total. The van der Waals surface area contributed by atoms with E-state index in [-0.39, 0.29) is 0 Å². The van der Waals surface area contributed by atoms with Gasteiger partial charge in [-0.05, 0) is 23.6 Å². The standard InChI is InChI=1S/C15H15N3/c1-9(2)10-7-12-11-5-3-4-6-13(11)18-15(16)14(12)17-8-10/h3-9H,1-2H3,(H2,16,18). The van der Waals surface area contributed by atoms with Gasteiger partial charge in [0.05, 0.1) is 5.52 Å². The fourth-order valence-corrected chi connectivity index (χ4v) is 2.19. The molecule has 2 heterocycles. The Balaban J connectivity index is 2.47. The zero-order valence-corrected chi connectivity index (χ0v) is 10.5. The van der Waals surface area contributed by atoms with Crippen LogP contribution in [0.2, 0.25) is 0 Å². The summed E-state index contributed by atoms with van der Waals surface area (Å²) in [6.45, 7) is 4.32. The van der Waals surface area contributed by atoms with Gasteiger partial charge in [0.15, 0.2) is 5.82 Å². The first-order chi connectivity index (χ1) is 8.66. The number of hydrogen-bond acceptors (Lipinski definition) is 3. The lowest BCUT2D eigenvalue weighted by Gasteiger charge is -2.09. The van der Waals surface area contributed by atoms with Crippen LogP contribution in [0.1, 0.15) is 25.3 Å². The Morgan fingerprint density at radius 3 is 2.67 bits per heavy atom. The van der Waals surface area contributed by atoms with Gasteiger partial charge in [0.1, 0.15) is 5.52 Å². The third-order valence-electron chi connectivity index (χ3n) is 3.25. The van der Waals surface area contributed by atoms with Crippen molar-refractivity contribution in [3.05, 3.63) is 42.1 Å². The summed E-state index contributed by atoms with van der Waals surface area (Å²) in [5.74, 6) is 0.953. The molecule has 0 fully saturated rings. The number of anilines is 1. The second-order valence-electron chi connectivity index (χ2n) is 4.83. The van der Waals surface area contributed by atoms with Crippen molar-refractivity contribution in [2.24, 2.45) is 0 Å². The number of nitrogens with two attached hydrogens (primary N) is 1. The van der Waals surface area contributed by atoms with Crippen molar-refractivity contribution in [3.8, 4) is 0 Å². The molecule has 90 valence electrons. The van der Waals surface area contributed by atoms with Crippen LogP contribution in [0.3, 0.4) is 0 Å². The summed E-state index contributed by atoms with van der Waals surface area (Å²) >= 11 is 0. The molecular formula is C15H15N3. The quantitative estimate of drug-likeness (QED) is 0.659. The minimum absolute atomic E-state index is 0.454. The lowest BCUT2D eigenvalue weighted by molar-refractivity contribution is 0.862. The molecule has 1 aromatic carbocycles. The minimum Gasteiger partial charge on any atom is -0.382 e. The van der Waals surface area contributed by atoms with Crippen LogP contribution in [0.5, 0.6) is 0 Å². The lowest BCUT2D eigenvalue weighted by Crippen LogP contribution is -1.97. The summed E-state index contributed by atoms with van der Waals surface area (Å²) in [5.41, 5.74) is 8.91. The van der Waals surface area contributed by atoms with Crippen molar-refractivity contribution >= 4 is 27.6 Å². The van der Waals surface area contributed by atoms with E-state index in [1.165, 1.54) is 5.56 Å². The molecule has 0 amide bonds. The van der Waals surface area contributed by atoms with E-state index in [1.54, 1.807) is 0 Å². The molecule has 0 saturated heterocycles. The van der Waals surface area contributed by atoms with Gasteiger partial charge in [-0.2, -0.15) is 0 Å². The highest BCUT2D eigenvalue weighted by molar-refractivity contribution is 6.08. The Hall–Kier alpha value is -2.16. The highest BCUT2D eigenvalue weighted by atomic mass is 14.9. The van der Waals surface area contributed by atoms with Crippen LogP contribution >= 0.6 is 0 Å². The molecule has 18 heavy (non-hydrogen) atoms. The van der Waals surface area contributed by atoms with E-state index in [0.29, 0.717) is 11.7 Å². The van der Waals surface area contributed by atoms with E-state index in [9.17, 15) is 0 Å². The monoisotopic (exact) mass is 237 g/mol. The second kappa shape index (κ2) is 3.95. The smallest absolute Gasteiger partial charge is 0.150 e. The van der Waals surface area contributed by atoms with Gasteiger partial charge in [-0.25, -0.2) is 4.98 Å². The maximum absolute atomic E-state index is 5.97. The van der Waals surface area contributed by atoms with E-state index in [1.807, 2.05) is 24.4 Å². The first-order valence-electron chi connectivity index (χ1n) is 6.10. The molecule has 0 saturated carbocycles. The molecule has 0 aliphatic heterocycles. The topological polar surface area (TPSA) is 51.8 Å².